The number of alkyl carbamates (subject to hydrolysis) is 1. The first-order valence-electron chi connectivity index (χ1n) is 12.3. The number of amides is 3. The summed E-state index contributed by atoms with van der Waals surface area (Å²) in [5.74, 6) is -0.894. The van der Waals surface area contributed by atoms with Gasteiger partial charge in [0.1, 0.15) is 23.4 Å². The van der Waals surface area contributed by atoms with E-state index in [4.69, 9.17) is 4.74 Å². The van der Waals surface area contributed by atoms with Crippen LogP contribution in [0.4, 0.5) is 10.5 Å². The Labute approximate surface area is 213 Å². The van der Waals surface area contributed by atoms with Crippen LogP contribution in [0.25, 0.3) is 0 Å². The molecule has 0 spiro atoms. The minimum atomic E-state index is -1.09. The molecule has 1 fully saturated rings. The molecule has 8 heteroatoms. The van der Waals surface area contributed by atoms with Gasteiger partial charge in [0.25, 0.3) is 5.91 Å². The Kier molecular flexibility index (Phi) is 7.96. The van der Waals surface area contributed by atoms with Gasteiger partial charge in [-0.3, -0.25) is 9.59 Å². The molecule has 1 aliphatic rings. The number of hydrogen-bond acceptors (Lipinski definition) is 5. The largest absolute Gasteiger partial charge is 0.507 e. The number of aromatic hydroxyl groups is 1. The van der Waals surface area contributed by atoms with E-state index in [1.165, 1.54) is 4.90 Å². The van der Waals surface area contributed by atoms with Crippen molar-refractivity contribution in [2.24, 2.45) is 0 Å². The molecule has 1 aliphatic carbocycles. The molecule has 2 unspecified atom stereocenters. The standard InChI is InChI=1S/C28H37N3O5/c1-16-10-8-11-17(2)22(16)30-25(33)23(21-13-9-12-18(3)24(21)32)31(20-14-15-20)26(34)19(4)29-27(35)36-28(5,6)7/h8-13,19-20,23,32H,14-15H2,1-7H3,(H,29,35)(H,30,33). The Morgan fingerprint density at radius 1 is 1.00 bits per heavy atom. The molecule has 2 aromatic carbocycles. The summed E-state index contributed by atoms with van der Waals surface area (Å²) >= 11 is 0. The minimum absolute atomic E-state index is 0.0367. The molecule has 2 aromatic rings. The van der Waals surface area contributed by atoms with Gasteiger partial charge in [-0.2, -0.15) is 0 Å². The number of phenols is 1. The molecule has 3 rings (SSSR count). The summed E-state index contributed by atoms with van der Waals surface area (Å²) in [6, 6.07) is 8.65. The summed E-state index contributed by atoms with van der Waals surface area (Å²) in [7, 11) is 0. The van der Waals surface area contributed by atoms with E-state index in [1.54, 1.807) is 52.8 Å². The maximum Gasteiger partial charge on any atom is 0.408 e. The lowest BCUT2D eigenvalue weighted by atomic mass is 9.98. The van der Waals surface area contributed by atoms with Gasteiger partial charge in [0.15, 0.2) is 0 Å². The molecular formula is C28H37N3O5. The molecule has 36 heavy (non-hydrogen) atoms. The van der Waals surface area contributed by atoms with E-state index in [9.17, 15) is 19.5 Å². The van der Waals surface area contributed by atoms with Crippen LogP contribution in [0.3, 0.4) is 0 Å². The van der Waals surface area contributed by atoms with E-state index in [0.29, 0.717) is 16.8 Å². The first-order valence-corrected chi connectivity index (χ1v) is 12.3. The van der Waals surface area contributed by atoms with Gasteiger partial charge in [0, 0.05) is 17.3 Å². The highest BCUT2D eigenvalue weighted by Gasteiger charge is 2.44. The average Bonchev–Trinajstić information content (AvgIpc) is 3.60. The van der Waals surface area contributed by atoms with E-state index >= 15 is 0 Å². The molecule has 8 nitrogen and oxygen atoms in total. The first-order chi connectivity index (χ1) is 16.8. The van der Waals surface area contributed by atoms with E-state index in [1.807, 2.05) is 32.0 Å². The predicted molar refractivity (Wildman–Crippen MR) is 139 cm³/mol. The number of aryl methyl sites for hydroxylation is 3. The van der Waals surface area contributed by atoms with Gasteiger partial charge in [-0.25, -0.2) is 4.79 Å². The fourth-order valence-electron chi connectivity index (χ4n) is 4.16. The molecule has 0 aromatic heterocycles. The number of anilines is 1. The molecule has 194 valence electrons. The van der Waals surface area contributed by atoms with Crippen LogP contribution in [0.15, 0.2) is 36.4 Å². The second-order valence-corrected chi connectivity index (χ2v) is 10.5. The molecule has 0 saturated heterocycles. The van der Waals surface area contributed by atoms with Crippen LogP contribution in [0, 0.1) is 20.8 Å². The summed E-state index contributed by atoms with van der Waals surface area (Å²) in [5.41, 5.74) is 2.66. The Balaban J connectivity index is 1.99. The Morgan fingerprint density at radius 2 is 1.56 bits per heavy atom. The Bertz CT molecular complexity index is 1130. The maximum absolute atomic E-state index is 13.9. The van der Waals surface area contributed by atoms with Gasteiger partial charge < -0.3 is 25.4 Å². The quantitative estimate of drug-likeness (QED) is 0.506. The number of hydrogen-bond donors (Lipinski definition) is 3. The first kappa shape index (κ1) is 27.0. The van der Waals surface area contributed by atoms with Crippen molar-refractivity contribution < 1.29 is 24.2 Å². The fraction of sp³-hybridized carbons (Fsp3) is 0.464. The van der Waals surface area contributed by atoms with Crippen LogP contribution in [0.2, 0.25) is 0 Å². The molecule has 1 saturated carbocycles. The Hall–Kier alpha value is -3.55. The summed E-state index contributed by atoms with van der Waals surface area (Å²) in [6.07, 6.45) is 0.740. The minimum Gasteiger partial charge on any atom is -0.507 e. The number of para-hydroxylation sites is 2. The number of ether oxygens (including phenoxy) is 1. The predicted octanol–water partition coefficient (Wildman–Crippen LogP) is 4.90. The van der Waals surface area contributed by atoms with E-state index < -0.39 is 35.6 Å². The molecule has 0 bridgehead atoms. The number of nitrogens with zero attached hydrogens (tertiary/aromatic N) is 1. The van der Waals surface area contributed by atoms with Crippen LogP contribution in [-0.4, -0.2) is 45.6 Å². The second kappa shape index (κ2) is 10.6. The number of rotatable bonds is 7. The summed E-state index contributed by atoms with van der Waals surface area (Å²) in [5, 5.41) is 16.5. The van der Waals surface area contributed by atoms with Crippen LogP contribution in [0.1, 0.15) is 68.8 Å². The number of benzene rings is 2. The molecule has 0 heterocycles. The highest BCUT2D eigenvalue weighted by atomic mass is 16.6. The lowest BCUT2D eigenvalue weighted by molar-refractivity contribution is -0.141. The molecule has 3 amide bonds. The normalized spacial score (nSPS) is 15.0. The lowest BCUT2D eigenvalue weighted by Gasteiger charge is -2.34. The van der Waals surface area contributed by atoms with Crippen molar-refractivity contribution in [1.82, 2.24) is 10.2 Å². The highest BCUT2D eigenvalue weighted by molar-refractivity contribution is 6.00. The third kappa shape index (κ3) is 6.36. The summed E-state index contributed by atoms with van der Waals surface area (Å²) in [6.45, 7) is 12.3. The third-order valence-electron chi connectivity index (χ3n) is 6.12. The SMILES string of the molecule is Cc1cccc(C(C(=O)Nc2c(C)cccc2C)N(C(=O)C(C)NC(=O)OC(C)(C)C)C2CC2)c1O. The van der Waals surface area contributed by atoms with Crippen molar-refractivity contribution in [3.05, 3.63) is 58.7 Å². The maximum atomic E-state index is 13.9. The second-order valence-electron chi connectivity index (χ2n) is 10.5. The van der Waals surface area contributed by atoms with Crippen molar-refractivity contribution in [3.8, 4) is 5.75 Å². The van der Waals surface area contributed by atoms with Crippen molar-refractivity contribution in [3.63, 3.8) is 0 Å². The topological polar surface area (TPSA) is 108 Å². The monoisotopic (exact) mass is 495 g/mol. The number of phenolic OH excluding ortho intramolecular Hbond substituents is 1. The smallest absolute Gasteiger partial charge is 0.408 e. The van der Waals surface area contributed by atoms with Crippen molar-refractivity contribution in [1.29, 1.82) is 0 Å². The van der Waals surface area contributed by atoms with Gasteiger partial charge >= 0.3 is 6.09 Å². The molecule has 0 aliphatic heterocycles. The van der Waals surface area contributed by atoms with Gasteiger partial charge in [-0.05, 0) is 78.0 Å². The van der Waals surface area contributed by atoms with Crippen LogP contribution in [0.5, 0.6) is 5.75 Å². The third-order valence-corrected chi connectivity index (χ3v) is 6.12. The number of nitrogens with one attached hydrogen (secondary N) is 2. The van der Waals surface area contributed by atoms with Crippen LogP contribution in [-0.2, 0) is 14.3 Å². The van der Waals surface area contributed by atoms with E-state index in [0.717, 1.165) is 24.0 Å². The van der Waals surface area contributed by atoms with Crippen molar-refractivity contribution in [2.75, 3.05) is 5.32 Å². The average molecular weight is 496 g/mol. The molecule has 3 N–H and O–H groups in total. The summed E-state index contributed by atoms with van der Waals surface area (Å²) in [4.78, 5) is 41.4. The molecule has 0 radical (unpaired) electrons. The lowest BCUT2D eigenvalue weighted by Crippen LogP contribution is -2.52. The van der Waals surface area contributed by atoms with E-state index in [-0.39, 0.29) is 11.8 Å². The van der Waals surface area contributed by atoms with Crippen LogP contribution < -0.4 is 10.6 Å². The van der Waals surface area contributed by atoms with Gasteiger partial charge in [0.05, 0.1) is 0 Å². The number of carbonyl (C=O) groups excluding carboxylic acids is 3. The van der Waals surface area contributed by atoms with Gasteiger partial charge in [-0.15, -0.1) is 0 Å². The van der Waals surface area contributed by atoms with E-state index in [2.05, 4.69) is 10.6 Å². The zero-order valence-electron chi connectivity index (χ0n) is 22.1. The zero-order valence-corrected chi connectivity index (χ0v) is 22.1. The molecular weight excluding hydrogens is 458 g/mol. The van der Waals surface area contributed by atoms with Crippen molar-refractivity contribution in [2.45, 2.75) is 85.0 Å². The van der Waals surface area contributed by atoms with Crippen LogP contribution >= 0.6 is 0 Å². The fourth-order valence-corrected chi connectivity index (χ4v) is 4.16. The summed E-state index contributed by atoms with van der Waals surface area (Å²) < 4.78 is 5.31. The number of carbonyl (C=O) groups is 3. The van der Waals surface area contributed by atoms with Crippen molar-refractivity contribution >= 4 is 23.6 Å². The van der Waals surface area contributed by atoms with Gasteiger partial charge in [0.2, 0.25) is 5.91 Å². The zero-order chi connectivity index (χ0) is 26.8. The van der Waals surface area contributed by atoms with Gasteiger partial charge in [-0.1, -0.05) is 36.4 Å². The Morgan fingerprint density at radius 3 is 2.11 bits per heavy atom. The highest BCUT2D eigenvalue weighted by Crippen LogP contribution is 2.40. The molecule has 2 atom stereocenters.